The van der Waals surface area contributed by atoms with Crippen LogP contribution in [0.1, 0.15) is 32.9 Å². The number of methoxy groups -OCH3 is 1. The maximum absolute atomic E-state index is 14.2. The van der Waals surface area contributed by atoms with E-state index in [1.54, 1.807) is 36.4 Å². The molecule has 0 aliphatic rings. The number of nitrogens with one attached hydrogen (secondary N) is 1. The van der Waals surface area contributed by atoms with Crippen molar-refractivity contribution in [1.82, 2.24) is 9.78 Å². The number of para-hydroxylation sites is 1. The zero-order valence-corrected chi connectivity index (χ0v) is 21.6. The largest absolute Gasteiger partial charge is 0.496 e. The Morgan fingerprint density at radius 3 is 2.23 bits per heavy atom. The van der Waals surface area contributed by atoms with Gasteiger partial charge in [0.2, 0.25) is 5.82 Å². The van der Waals surface area contributed by atoms with Crippen LogP contribution in [0, 0.1) is 42.9 Å². The van der Waals surface area contributed by atoms with Gasteiger partial charge in [-0.1, -0.05) is 23.7 Å². The standard InChI is InChI=1S/C27H21ClF5N3O3/c1-13-26(14(2)36(35-13)11-17-21(29)23(31)25(33)24(32)22(17)30)34-27(37)15-8-9-19(38-3)16(10-15)12-39-20-7-5-4-6-18(20)28/h4-10H,11-12H2,1-3H3,(H,34,37). The van der Waals surface area contributed by atoms with Gasteiger partial charge in [-0.25, -0.2) is 22.0 Å². The van der Waals surface area contributed by atoms with Gasteiger partial charge in [-0.15, -0.1) is 0 Å². The molecule has 0 spiro atoms. The second-order valence-corrected chi connectivity index (χ2v) is 8.86. The number of aromatic nitrogens is 2. The number of hydrogen-bond acceptors (Lipinski definition) is 4. The van der Waals surface area contributed by atoms with E-state index in [4.69, 9.17) is 21.1 Å². The van der Waals surface area contributed by atoms with Crippen LogP contribution >= 0.6 is 11.6 Å². The molecular formula is C27H21ClF5N3O3. The topological polar surface area (TPSA) is 65.4 Å². The highest BCUT2D eigenvalue weighted by atomic mass is 35.5. The summed E-state index contributed by atoms with van der Waals surface area (Å²) in [6.07, 6.45) is 0. The van der Waals surface area contributed by atoms with E-state index in [0.29, 0.717) is 22.1 Å². The molecule has 3 aromatic carbocycles. The molecule has 0 aliphatic heterocycles. The van der Waals surface area contributed by atoms with Crippen LogP contribution in [0.15, 0.2) is 42.5 Å². The van der Waals surface area contributed by atoms with Gasteiger partial charge in [0.25, 0.3) is 5.91 Å². The summed E-state index contributed by atoms with van der Waals surface area (Å²) in [7, 11) is 1.47. The zero-order valence-electron chi connectivity index (χ0n) is 20.8. The number of carbonyl (C=O) groups excluding carboxylic acids is 1. The maximum Gasteiger partial charge on any atom is 0.255 e. The summed E-state index contributed by atoms with van der Waals surface area (Å²) in [5.41, 5.74) is 0.461. The lowest BCUT2D eigenvalue weighted by Gasteiger charge is -2.13. The van der Waals surface area contributed by atoms with Crippen molar-refractivity contribution in [1.29, 1.82) is 0 Å². The van der Waals surface area contributed by atoms with Crippen molar-refractivity contribution in [3.63, 3.8) is 0 Å². The number of rotatable bonds is 8. The van der Waals surface area contributed by atoms with Crippen LogP contribution in [0.2, 0.25) is 5.02 Å². The summed E-state index contributed by atoms with van der Waals surface area (Å²) in [5.74, 6) is -9.86. The number of hydrogen-bond donors (Lipinski definition) is 1. The molecule has 0 unspecified atom stereocenters. The van der Waals surface area contributed by atoms with Gasteiger partial charge < -0.3 is 14.8 Å². The van der Waals surface area contributed by atoms with Crippen LogP contribution in [-0.2, 0) is 13.2 Å². The molecule has 0 radical (unpaired) electrons. The van der Waals surface area contributed by atoms with Crippen LogP contribution in [0.5, 0.6) is 11.5 Å². The molecule has 39 heavy (non-hydrogen) atoms. The highest BCUT2D eigenvalue weighted by Crippen LogP contribution is 2.29. The Bertz CT molecular complexity index is 1550. The lowest BCUT2D eigenvalue weighted by Crippen LogP contribution is -2.15. The van der Waals surface area contributed by atoms with E-state index < -0.39 is 47.1 Å². The SMILES string of the molecule is COc1ccc(C(=O)Nc2c(C)nn(Cc3c(F)c(F)c(F)c(F)c3F)c2C)cc1COc1ccccc1Cl. The van der Waals surface area contributed by atoms with E-state index in [0.717, 1.165) is 4.68 Å². The Balaban J connectivity index is 1.57. The van der Waals surface area contributed by atoms with E-state index in [1.165, 1.54) is 27.0 Å². The number of amides is 1. The Morgan fingerprint density at radius 2 is 1.59 bits per heavy atom. The number of benzene rings is 3. The number of halogens is 6. The molecular weight excluding hydrogens is 545 g/mol. The number of anilines is 1. The van der Waals surface area contributed by atoms with Crippen LogP contribution in [-0.4, -0.2) is 22.8 Å². The van der Waals surface area contributed by atoms with Crippen molar-refractivity contribution in [2.75, 3.05) is 12.4 Å². The molecule has 0 saturated heterocycles. The second kappa shape index (κ2) is 11.3. The fourth-order valence-corrected chi connectivity index (χ4v) is 4.10. The molecule has 12 heteroatoms. The van der Waals surface area contributed by atoms with Crippen LogP contribution in [0.3, 0.4) is 0 Å². The smallest absolute Gasteiger partial charge is 0.255 e. The monoisotopic (exact) mass is 565 g/mol. The van der Waals surface area contributed by atoms with Gasteiger partial charge in [-0.2, -0.15) is 5.10 Å². The van der Waals surface area contributed by atoms with Gasteiger partial charge in [0.1, 0.15) is 18.1 Å². The first-order chi connectivity index (χ1) is 18.5. The molecule has 1 N–H and O–H groups in total. The zero-order chi connectivity index (χ0) is 28.4. The molecule has 0 atom stereocenters. The second-order valence-electron chi connectivity index (χ2n) is 8.45. The summed E-state index contributed by atoms with van der Waals surface area (Å²) in [4.78, 5) is 13.1. The minimum Gasteiger partial charge on any atom is -0.496 e. The number of carbonyl (C=O) groups is 1. The summed E-state index contributed by atoms with van der Waals surface area (Å²) < 4.78 is 81.2. The molecule has 1 heterocycles. The quantitative estimate of drug-likeness (QED) is 0.146. The summed E-state index contributed by atoms with van der Waals surface area (Å²) in [5, 5.41) is 7.21. The minimum absolute atomic E-state index is 0.0476. The lowest BCUT2D eigenvalue weighted by molar-refractivity contribution is 0.102. The van der Waals surface area contributed by atoms with E-state index >= 15 is 0 Å². The molecule has 0 saturated carbocycles. The molecule has 1 amide bonds. The number of nitrogens with zero attached hydrogens (tertiary/aromatic N) is 2. The highest BCUT2D eigenvalue weighted by molar-refractivity contribution is 6.32. The van der Waals surface area contributed by atoms with Crippen LogP contribution < -0.4 is 14.8 Å². The minimum atomic E-state index is -2.24. The molecule has 4 rings (SSSR count). The third kappa shape index (κ3) is 5.53. The Hall–Kier alpha value is -4.12. The van der Waals surface area contributed by atoms with Crippen LogP contribution in [0.4, 0.5) is 27.6 Å². The van der Waals surface area contributed by atoms with Crippen molar-refractivity contribution < 1.29 is 36.2 Å². The van der Waals surface area contributed by atoms with Gasteiger partial charge in [0.15, 0.2) is 23.3 Å². The van der Waals surface area contributed by atoms with E-state index in [9.17, 15) is 26.7 Å². The predicted octanol–water partition coefficient (Wildman–Crippen LogP) is 6.74. The van der Waals surface area contributed by atoms with Gasteiger partial charge in [0, 0.05) is 11.1 Å². The molecule has 0 aliphatic carbocycles. The van der Waals surface area contributed by atoms with Crippen LogP contribution in [0.25, 0.3) is 0 Å². The Kier molecular flexibility index (Phi) is 8.10. The van der Waals surface area contributed by atoms with Gasteiger partial charge in [-0.05, 0) is 44.2 Å². The fourth-order valence-electron chi connectivity index (χ4n) is 3.91. The average Bonchev–Trinajstić information content (AvgIpc) is 3.19. The normalized spacial score (nSPS) is 11.0. The third-order valence-corrected chi connectivity index (χ3v) is 6.30. The van der Waals surface area contributed by atoms with Crippen molar-refractivity contribution in [2.45, 2.75) is 27.0 Å². The predicted molar refractivity (Wildman–Crippen MR) is 134 cm³/mol. The van der Waals surface area contributed by atoms with Crippen molar-refractivity contribution in [3.05, 3.63) is 105 Å². The van der Waals surface area contributed by atoms with E-state index in [-0.39, 0.29) is 29.2 Å². The lowest BCUT2D eigenvalue weighted by atomic mass is 10.1. The van der Waals surface area contributed by atoms with Gasteiger partial charge in [-0.3, -0.25) is 9.48 Å². The number of ether oxygens (including phenoxy) is 2. The summed E-state index contributed by atoms with van der Waals surface area (Å²) in [6.45, 7) is 2.30. The molecule has 4 aromatic rings. The maximum atomic E-state index is 14.2. The molecule has 1 aromatic heterocycles. The highest BCUT2D eigenvalue weighted by Gasteiger charge is 2.27. The van der Waals surface area contributed by atoms with E-state index in [2.05, 4.69) is 10.4 Å². The summed E-state index contributed by atoms with van der Waals surface area (Å²) >= 11 is 6.13. The van der Waals surface area contributed by atoms with Gasteiger partial charge >= 0.3 is 0 Å². The first-order valence-electron chi connectivity index (χ1n) is 11.4. The molecule has 204 valence electrons. The Labute approximate surface area is 224 Å². The Morgan fingerprint density at radius 1 is 0.949 bits per heavy atom. The first kappa shape index (κ1) is 27.9. The molecule has 0 fully saturated rings. The summed E-state index contributed by atoms with van der Waals surface area (Å²) in [6, 6.07) is 11.6. The van der Waals surface area contributed by atoms with Crippen molar-refractivity contribution in [3.8, 4) is 11.5 Å². The average molecular weight is 566 g/mol. The van der Waals surface area contributed by atoms with E-state index in [1.807, 2.05) is 0 Å². The van der Waals surface area contributed by atoms with Crippen molar-refractivity contribution >= 4 is 23.2 Å². The van der Waals surface area contributed by atoms with Crippen molar-refractivity contribution in [2.24, 2.45) is 0 Å². The first-order valence-corrected chi connectivity index (χ1v) is 11.8. The molecule has 0 bridgehead atoms. The number of aryl methyl sites for hydroxylation is 1. The third-order valence-electron chi connectivity index (χ3n) is 5.99. The molecule has 6 nitrogen and oxygen atoms in total. The fraction of sp³-hybridized carbons (Fsp3) is 0.185. The van der Waals surface area contributed by atoms with Gasteiger partial charge in [0.05, 0.1) is 41.3 Å².